The van der Waals surface area contributed by atoms with Gasteiger partial charge >= 0.3 is 0 Å². The van der Waals surface area contributed by atoms with Gasteiger partial charge in [-0.2, -0.15) is 0 Å². The smallest absolute Gasteiger partial charge is 0.0825 e. The molecule has 1 nitrogen and oxygen atoms in total. The summed E-state index contributed by atoms with van der Waals surface area (Å²) in [5.74, 6) is 0.962. The van der Waals surface area contributed by atoms with E-state index in [0.717, 1.165) is 5.56 Å². The van der Waals surface area contributed by atoms with E-state index in [4.69, 9.17) is 0 Å². The third-order valence-corrected chi connectivity index (χ3v) is 5.21. The second kappa shape index (κ2) is 5.28. The van der Waals surface area contributed by atoms with Crippen LogP contribution >= 0.6 is 0 Å². The van der Waals surface area contributed by atoms with Crippen LogP contribution in [0.2, 0.25) is 0 Å². The molecular formula is C18H28O. The minimum absolute atomic E-state index is 0.232. The molecule has 1 heteroatoms. The zero-order valence-electron chi connectivity index (χ0n) is 13.0. The Bertz CT molecular complexity index is 447. The zero-order valence-corrected chi connectivity index (χ0v) is 13.0. The van der Waals surface area contributed by atoms with Gasteiger partial charge in [0.2, 0.25) is 0 Å². The fourth-order valence-corrected chi connectivity index (χ4v) is 3.89. The zero-order chi connectivity index (χ0) is 14.2. The Hall–Kier alpha value is -0.820. The Morgan fingerprint density at radius 2 is 1.89 bits per heavy atom. The van der Waals surface area contributed by atoms with Crippen LogP contribution in [-0.2, 0) is 0 Å². The van der Waals surface area contributed by atoms with Gasteiger partial charge in [-0.15, -0.1) is 0 Å². The predicted molar refractivity (Wildman–Crippen MR) is 81.2 cm³/mol. The summed E-state index contributed by atoms with van der Waals surface area (Å²) in [6.45, 7) is 11.2. The first kappa shape index (κ1) is 14.6. The van der Waals surface area contributed by atoms with Gasteiger partial charge in [-0.05, 0) is 54.2 Å². The Morgan fingerprint density at radius 1 is 1.21 bits per heavy atom. The molecule has 0 aliphatic heterocycles. The molecule has 0 spiro atoms. The minimum atomic E-state index is -0.329. The van der Waals surface area contributed by atoms with E-state index in [0.29, 0.717) is 11.8 Å². The lowest BCUT2D eigenvalue weighted by Gasteiger charge is -2.45. The van der Waals surface area contributed by atoms with E-state index < -0.39 is 0 Å². The normalized spacial score (nSPS) is 28.1. The number of aryl methyl sites for hydroxylation is 2. The van der Waals surface area contributed by atoms with Crippen LogP contribution in [0.1, 0.15) is 62.8 Å². The highest BCUT2D eigenvalue weighted by Crippen LogP contribution is 2.49. The first-order chi connectivity index (χ1) is 8.83. The van der Waals surface area contributed by atoms with Crippen LogP contribution in [0.5, 0.6) is 0 Å². The molecule has 106 valence electrons. The summed E-state index contributed by atoms with van der Waals surface area (Å²) in [6.07, 6.45) is 3.44. The summed E-state index contributed by atoms with van der Waals surface area (Å²) >= 11 is 0. The van der Waals surface area contributed by atoms with Crippen molar-refractivity contribution in [3.05, 3.63) is 34.9 Å². The van der Waals surface area contributed by atoms with Crippen molar-refractivity contribution in [2.24, 2.45) is 17.3 Å². The summed E-state index contributed by atoms with van der Waals surface area (Å²) in [4.78, 5) is 0. The maximum atomic E-state index is 10.9. The minimum Gasteiger partial charge on any atom is -0.388 e. The van der Waals surface area contributed by atoms with Gasteiger partial charge in [0.1, 0.15) is 0 Å². The molecule has 1 fully saturated rings. The maximum Gasteiger partial charge on any atom is 0.0825 e. The molecule has 0 amide bonds. The largest absolute Gasteiger partial charge is 0.388 e. The lowest BCUT2D eigenvalue weighted by atomic mass is 9.61. The van der Waals surface area contributed by atoms with Gasteiger partial charge in [0.05, 0.1) is 6.10 Å². The third kappa shape index (κ3) is 2.86. The molecule has 1 aromatic rings. The van der Waals surface area contributed by atoms with Crippen molar-refractivity contribution in [2.75, 3.05) is 0 Å². The van der Waals surface area contributed by atoms with Crippen LogP contribution in [-0.4, -0.2) is 5.11 Å². The Morgan fingerprint density at radius 3 is 2.47 bits per heavy atom. The molecule has 1 saturated carbocycles. The quantitative estimate of drug-likeness (QED) is 0.810. The van der Waals surface area contributed by atoms with E-state index in [1.165, 1.54) is 30.4 Å². The molecule has 0 radical (unpaired) electrons. The topological polar surface area (TPSA) is 20.2 Å². The fraction of sp³-hybridized carbons (Fsp3) is 0.667. The molecule has 1 aromatic carbocycles. The first-order valence-corrected chi connectivity index (χ1v) is 7.58. The van der Waals surface area contributed by atoms with Gasteiger partial charge < -0.3 is 5.11 Å². The van der Waals surface area contributed by atoms with Crippen LogP contribution in [0.4, 0.5) is 0 Å². The summed E-state index contributed by atoms with van der Waals surface area (Å²) in [5, 5.41) is 10.9. The van der Waals surface area contributed by atoms with E-state index in [9.17, 15) is 5.11 Å². The Labute approximate surface area is 118 Å². The number of hydrogen-bond donors (Lipinski definition) is 1. The van der Waals surface area contributed by atoms with Gasteiger partial charge in [0.25, 0.3) is 0 Å². The summed E-state index contributed by atoms with van der Waals surface area (Å²) in [7, 11) is 0. The van der Waals surface area contributed by atoms with Gasteiger partial charge in [0.15, 0.2) is 0 Å². The molecule has 2 rings (SSSR count). The maximum absolute atomic E-state index is 10.9. The molecule has 0 heterocycles. The standard InChI is InChI=1S/C18H28O/c1-12-8-9-15(11-14(12)3)17(19)16-13(2)7-6-10-18(16,4)5/h8-9,11,13,16-17,19H,6-7,10H2,1-5H3/t13-,16-,17-/m0/s1. The Balaban J connectivity index is 2.30. The Kier molecular flexibility index (Phi) is 4.06. The van der Waals surface area contributed by atoms with Crippen LogP contribution in [0.15, 0.2) is 18.2 Å². The average Bonchev–Trinajstić information content (AvgIpc) is 2.31. The molecule has 1 aliphatic rings. The molecule has 0 saturated heterocycles. The van der Waals surface area contributed by atoms with Crippen LogP contribution in [0.25, 0.3) is 0 Å². The molecule has 0 bridgehead atoms. The monoisotopic (exact) mass is 260 g/mol. The van der Waals surface area contributed by atoms with Crippen molar-refractivity contribution in [1.29, 1.82) is 0 Å². The number of aliphatic hydroxyl groups excluding tert-OH is 1. The average molecular weight is 260 g/mol. The molecule has 19 heavy (non-hydrogen) atoms. The predicted octanol–water partition coefficient (Wildman–Crippen LogP) is 4.80. The van der Waals surface area contributed by atoms with Crippen molar-refractivity contribution in [3.8, 4) is 0 Å². The van der Waals surface area contributed by atoms with Crippen molar-refractivity contribution >= 4 is 0 Å². The molecular weight excluding hydrogens is 232 g/mol. The van der Waals surface area contributed by atoms with Crippen molar-refractivity contribution in [3.63, 3.8) is 0 Å². The number of hydrogen-bond acceptors (Lipinski definition) is 1. The third-order valence-electron chi connectivity index (χ3n) is 5.21. The van der Waals surface area contributed by atoms with E-state index >= 15 is 0 Å². The highest BCUT2D eigenvalue weighted by atomic mass is 16.3. The van der Waals surface area contributed by atoms with Gasteiger partial charge in [-0.25, -0.2) is 0 Å². The fourth-order valence-electron chi connectivity index (χ4n) is 3.89. The second-order valence-corrected chi connectivity index (χ2v) is 7.17. The van der Waals surface area contributed by atoms with Crippen molar-refractivity contribution in [2.45, 2.75) is 60.0 Å². The number of benzene rings is 1. The second-order valence-electron chi connectivity index (χ2n) is 7.17. The van der Waals surface area contributed by atoms with E-state index in [1.807, 2.05) is 0 Å². The number of rotatable bonds is 2. The molecule has 1 N–H and O–H groups in total. The molecule has 1 aliphatic carbocycles. The highest BCUT2D eigenvalue weighted by Gasteiger charge is 2.41. The molecule has 0 unspecified atom stereocenters. The van der Waals surface area contributed by atoms with Crippen LogP contribution < -0.4 is 0 Å². The first-order valence-electron chi connectivity index (χ1n) is 7.58. The molecule has 3 atom stereocenters. The van der Waals surface area contributed by atoms with E-state index in [-0.39, 0.29) is 11.5 Å². The SMILES string of the molecule is Cc1ccc([C@H](O)[C@@H]2[C@@H](C)CCCC2(C)C)cc1C. The van der Waals surface area contributed by atoms with Gasteiger partial charge in [-0.3, -0.25) is 0 Å². The highest BCUT2D eigenvalue weighted by molar-refractivity contribution is 5.31. The van der Waals surface area contributed by atoms with Gasteiger partial charge in [-0.1, -0.05) is 51.8 Å². The summed E-state index contributed by atoms with van der Waals surface area (Å²) < 4.78 is 0. The van der Waals surface area contributed by atoms with Crippen LogP contribution in [0.3, 0.4) is 0 Å². The van der Waals surface area contributed by atoms with Crippen molar-refractivity contribution in [1.82, 2.24) is 0 Å². The van der Waals surface area contributed by atoms with E-state index in [1.54, 1.807) is 0 Å². The van der Waals surface area contributed by atoms with Crippen molar-refractivity contribution < 1.29 is 5.11 Å². The number of aliphatic hydroxyl groups is 1. The summed E-state index contributed by atoms with van der Waals surface area (Å²) in [5.41, 5.74) is 3.90. The van der Waals surface area contributed by atoms with E-state index in [2.05, 4.69) is 52.8 Å². The lowest BCUT2D eigenvalue weighted by molar-refractivity contribution is -0.0293. The van der Waals surface area contributed by atoms with Crippen LogP contribution in [0, 0.1) is 31.1 Å². The summed E-state index contributed by atoms with van der Waals surface area (Å²) in [6, 6.07) is 6.40. The van der Waals surface area contributed by atoms with Gasteiger partial charge in [0, 0.05) is 0 Å². The lowest BCUT2D eigenvalue weighted by Crippen LogP contribution is -2.37. The molecule has 0 aromatic heterocycles.